The number of amides is 1. The molecule has 0 bridgehead atoms. The van der Waals surface area contributed by atoms with E-state index < -0.39 is 6.04 Å². The van der Waals surface area contributed by atoms with Gasteiger partial charge < -0.3 is 10.6 Å². The minimum Gasteiger partial charge on any atom is -0.374 e. The van der Waals surface area contributed by atoms with E-state index in [2.05, 4.69) is 22.8 Å². The van der Waals surface area contributed by atoms with Crippen LogP contribution in [0.3, 0.4) is 0 Å². The van der Waals surface area contributed by atoms with Gasteiger partial charge in [0.25, 0.3) is 0 Å². The van der Waals surface area contributed by atoms with E-state index >= 15 is 0 Å². The van der Waals surface area contributed by atoms with Gasteiger partial charge in [-0.1, -0.05) is 54.6 Å². The summed E-state index contributed by atoms with van der Waals surface area (Å²) < 4.78 is 0. The monoisotopic (exact) mass is 358 g/mol. The molecule has 0 fully saturated rings. The van der Waals surface area contributed by atoms with Crippen molar-refractivity contribution < 1.29 is 9.59 Å². The maximum atomic E-state index is 12.4. The zero-order chi connectivity index (χ0) is 19.2. The summed E-state index contributed by atoms with van der Waals surface area (Å²) in [4.78, 5) is 23.9. The molecule has 0 aromatic heterocycles. The lowest BCUT2D eigenvalue weighted by atomic mass is 10.1. The second kappa shape index (κ2) is 8.32. The number of benzene rings is 3. The lowest BCUT2D eigenvalue weighted by Gasteiger charge is -2.16. The van der Waals surface area contributed by atoms with Crippen molar-refractivity contribution in [3.63, 3.8) is 0 Å². The highest BCUT2D eigenvalue weighted by Gasteiger charge is 2.13. The van der Waals surface area contributed by atoms with Gasteiger partial charge >= 0.3 is 0 Å². The normalized spacial score (nSPS) is 11.5. The first kappa shape index (κ1) is 18.4. The molecule has 27 heavy (non-hydrogen) atoms. The summed E-state index contributed by atoms with van der Waals surface area (Å²) in [6, 6.07) is 24.6. The quantitative estimate of drug-likeness (QED) is 0.610. The fourth-order valence-corrected chi connectivity index (χ4v) is 2.77. The molecular formula is C23H22N2O2. The molecule has 0 radical (unpaired) electrons. The van der Waals surface area contributed by atoms with E-state index in [0.717, 1.165) is 16.8 Å². The van der Waals surface area contributed by atoms with Crippen molar-refractivity contribution in [2.75, 3.05) is 10.6 Å². The molecule has 0 saturated heterocycles. The Kier molecular flexibility index (Phi) is 5.67. The van der Waals surface area contributed by atoms with Crippen LogP contribution in [0.2, 0.25) is 0 Å². The number of ketones is 1. The zero-order valence-electron chi connectivity index (χ0n) is 15.4. The Morgan fingerprint density at radius 2 is 1.44 bits per heavy atom. The largest absolute Gasteiger partial charge is 0.374 e. The van der Waals surface area contributed by atoms with Crippen molar-refractivity contribution in [3.05, 3.63) is 84.4 Å². The van der Waals surface area contributed by atoms with Gasteiger partial charge in [-0.25, -0.2) is 0 Å². The average Bonchev–Trinajstić information content (AvgIpc) is 2.69. The lowest BCUT2D eigenvalue weighted by Crippen LogP contribution is -2.31. The number of hydrogen-bond donors (Lipinski definition) is 2. The molecule has 4 nitrogen and oxygen atoms in total. The number of hydrogen-bond acceptors (Lipinski definition) is 3. The standard InChI is InChI=1S/C23H22N2O2/c1-16(23(27)25-22-10-6-9-20(15-22)17(2)26)24-21-13-11-19(12-14-21)18-7-4-3-5-8-18/h3-16,24H,1-2H3,(H,25,27). The summed E-state index contributed by atoms with van der Waals surface area (Å²) in [6.45, 7) is 3.31. The van der Waals surface area contributed by atoms with Crippen molar-refractivity contribution in [2.45, 2.75) is 19.9 Å². The van der Waals surface area contributed by atoms with Crippen molar-refractivity contribution >= 4 is 23.1 Å². The molecule has 3 aromatic carbocycles. The SMILES string of the molecule is CC(=O)c1cccc(NC(=O)C(C)Nc2ccc(-c3ccccc3)cc2)c1. The first-order chi connectivity index (χ1) is 13.0. The second-order valence-corrected chi connectivity index (χ2v) is 6.44. The first-order valence-corrected chi connectivity index (χ1v) is 8.87. The highest BCUT2D eigenvalue weighted by atomic mass is 16.2. The van der Waals surface area contributed by atoms with Gasteiger partial charge in [0.05, 0.1) is 0 Å². The Labute approximate surface area is 159 Å². The number of carbonyl (C=O) groups excluding carboxylic acids is 2. The number of Topliss-reactive ketones (excluding diaryl/α,β-unsaturated/α-hetero) is 1. The van der Waals surface area contributed by atoms with Crippen molar-refractivity contribution in [1.29, 1.82) is 0 Å². The Morgan fingerprint density at radius 1 is 0.778 bits per heavy atom. The maximum absolute atomic E-state index is 12.4. The highest BCUT2D eigenvalue weighted by molar-refractivity contribution is 5.99. The van der Waals surface area contributed by atoms with Crippen molar-refractivity contribution in [2.24, 2.45) is 0 Å². The van der Waals surface area contributed by atoms with Gasteiger partial charge in [-0.2, -0.15) is 0 Å². The third kappa shape index (κ3) is 4.82. The predicted molar refractivity (Wildman–Crippen MR) is 110 cm³/mol. The van der Waals surface area contributed by atoms with Crippen LogP contribution in [-0.4, -0.2) is 17.7 Å². The van der Waals surface area contributed by atoms with Gasteiger partial charge in [0.15, 0.2) is 5.78 Å². The van der Waals surface area contributed by atoms with E-state index in [4.69, 9.17) is 0 Å². The van der Waals surface area contributed by atoms with Gasteiger partial charge in [0.1, 0.15) is 6.04 Å². The Hall–Kier alpha value is -3.40. The molecule has 1 amide bonds. The van der Waals surface area contributed by atoms with E-state index in [1.54, 1.807) is 31.2 Å². The number of carbonyl (C=O) groups is 2. The zero-order valence-corrected chi connectivity index (χ0v) is 15.4. The van der Waals surface area contributed by atoms with Crippen LogP contribution in [0.5, 0.6) is 0 Å². The highest BCUT2D eigenvalue weighted by Crippen LogP contribution is 2.21. The van der Waals surface area contributed by atoms with E-state index in [9.17, 15) is 9.59 Å². The molecule has 3 rings (SSSR count). The molecule has 0 aliphatic carbocycles. The van der Waals surface area contributed by atoms with Crippen LogP contribution in [0.15, 0.2) is 78.9 Å². The fraction of sp³-hybridized carbons (Fsp3) is 0.130. The van der Waals surface area contributed by atoms with Gasteiger partial charge in [0, 0.05) is 16.9 Å². The summed E-state index contributed by atoms with van der Waals surface area (Å²) >= 11 is 0. The van der Waals surface area contributed by atoms with Crippen molar-refractivity contribution in [1.82, 2.24) is 0 Å². The van der Waals surface area contributed by atoms with Crippen LogP contribution in [-0.2, 0) is 4.79 Å². The Morgan fingerprint density at radius 3 is 2.11 bits per heavy atom. The van der Waals surface area contributed by atoms with Crippen LogP contribution in [0.25, 0.3) is 11.1 Å². The number of nitrogens with one attached hydrogen (secondary N) is 2. The molecule has 0 aliphatic rings. The van der Waals surface area contributed by atoms with E-state index in [1.165, 1.54) is 6.92 Å². The molecule has 0 saturated carbocycles. The van der Waals surface area contributed by atoms with Gasteiger partial charge in [-0.15, -0.1) is 0 Å². The number of rotatable bonds is 6. The van der Waals surface area contributed by atoms with Gasteiger partial charge in [0.2, 0.25) is 5.91 Å². The molecule has 136 valence electrons. The van der Waals surface area contributed by atoms with Gasteiger partial charge in [-0.05, 0) is 49.2 Å². The summed E-state index contributed by atoms with van der Waals surface area (Å²) in [5.41, 5.74) is 4.33. The minimum absolute atomic E-state index is 0.0317. The maximum Gasteiger partial charge on any atom is 0.246 e. The Balaban J connectivity index is 1.63. The topological polar surface area (TPSA) is 58.2 Å². The average molecular weight is 358 g/mol. The van der Waals surface area contributed by atoms with Crippen LogP contribution >= 0.6 is 0 Å². The molecule has 4 heteroatoms. The van der Waals surface area contributed by atoms with Crippen LogP contribution in [0, 0.1) is 0 Å². The molecular weight excluding hydrogens is 336 g/mol. The smallest absolute Gasteiger partial charge is 0.246 e. The van der Waals surface area contributed by atoms with Crippen LogP contribution in [0.1, 0.15) is 24.2 Å². The molecule has 0 heterocycles. The third-order valence-electron chi connectivity index (χ3n) is 4.31. The summed E-state index contributed by atoms with van der Waals surface area (Å²) in [5, 5.41) is 6.04. The van der Waals surface area contributed by atoms with E-state index in [0.29, 0.717) is 11.3 Å². The van der Waals surface area contributed by atoms with E-state index in [1.807, 2.05) is 42.5 Å². The summed E-state index contributed by atoms with van der Waals surface area (Å²) in [7, 11) is 0. The summed E-state index contributed by atoms with van der Waals surface area (Å²) in [5.74, 6) is -0.196. The molecule has 0 aliphatic heterocycles. The first-order valence-electron chi connectivity index (χ1n) is 8.87. The third-order valence-corrected chi connectivity index (χ3v) is 4.31. The minimum atomic E-state index is -0.423. The molecule has 1 atom stereocenters. The summed E-state index contributed by atoms with van der Waals surface area (Å²) in [6.07, 6.45) is 0. The Bertz CT molecular complexity index is 934. The lowest BCUT2D eigenvalue weighted by molar-refractivity contribution is -0.116. The second-order valence-electron chi connectivity index (χ2n) is 6.44. The fourth-order valence-electron chi connectivity index (χ4n) is 2.77. The van der Waals surface area contributed by atoms with E-state index in [-0.39, 0.29) is 11.7 Å². The molecule has 2 N–H and O–H groups in total. The van der Waals surface area contributed by atoms with Gasteiger partial charge in [-0.3, -0.25) is 9.59 Å². The number of anilines is 2. The molecule has 3 aromatic rings. The van der Waals surface area contributed by atoms with Crippen LogP contribution in [0.4, 0.5) is 11.4 Å². The predicted octanol–water partition coefficient (Wildman–Crippen LogP) is 5.00. The van der Waals surface area contributed by atoms with Crippen LogP contribution < -0.4 is 10.6 Å². The van der Waals surface area contributed by atoms with Crippen molar-refractivity contribution in [3.8, 4) is 11.1 Å². The molecule has 0 spiro atoms. The molecule has 1 unspecified atom stereocenters.